The molecule has 0 aromatic heterocycles. The lowest BCUT2D eigenvalue weighted by atomic mass is 10.0. The van der Waals surface area contributed by atoms with Gasteiger partial charge < -0.3 is 5.32 Å². The number of benzene rings is 1. The van der Waals surface area contributed by atoms with Gasteiger partial charge >= 0.3 is 0 Å². The van der Waals surface area contributed by atoms with E-state index >= 15 is 0 Å². The van der Waals surface area contributed by atoms with Crippen molar-refractivity contribution in [3.05, 3.63) is 35.4 Å². The van der Waals surface area contributed by atoms with Crippen LogP contribution in [0, 0.1) is 17.8 Å². The second-order valence-electron chi connectivity index (χ2n) is 5.81. The third kappa shape index (κ3) is 2.86. The predicted molar refractivity (Wildman–Crippen MR) is 79.9 cm³/mol. The summed E-state index contributed by atoms with van der Waals surface area (Å²) in [4.78, 5) is 12.1. The number of halogens is 1. The number of amides is 1. The Balaban J connectivity index is 1.50. The number of fused-ring (bicyclic) bond motifs is 1. The van der Waals surface area contributed by atoms with Crippen LogP contribution in [0.1, 0.15) is 36.8 Å². The standard InChI is InChI=1S/C16H20BrNO/c17-9-11-5-7-12(8-6-11)10-18-16(19)15-13-3-1-2-4-14(13)15/h5-8,13-15H,1-4,9-10H2,(H,18,19). The molecule has 1 aromatic carbocycles. The van der Waals surface area contributed by atoms with Crippen LogP contribution in [0.5, 0.6) is 0 Å². The van der Waals surface area contributed by atoms with Crippen LogP contribution in [-0.4, -0.2) is 5.91 Å². The van der Waals surface area contributed by atoms with Crippen molar-refractivity contribution < 1.29 is 4.79 Å². The van der Waals surface area contributed by atoms with Crippen LogP contribution in [0.25, 0.3) is 0 Å². The number of hydrogen-bond acceptors (Lipinski definition) is 1. The zero-order chi connectivity index (χ0) is 13.2. The molecule has 2 unspecified atom stereocenters. The normalized spacial score (nSPS) is 28.6. The Hall–Kier alpha value is -0.830. The molecule has 1 N–H and O–H groups in total. The molecule has 0 aliphatic heterocycles. The molecule has 0 saturated heterocycles. The highest BCUT2D eigenvalue weighted by Crippen LogP contribution is 2.55. The van der Waals surface area contributed by atoms with E-state index in [-0.39, 0.29) is 5.91 Å². The minimum absolute atomic E-state index is 0.279. The largest absolute Gasteiger partial charge is 0.352 e. The van der Waals surface area contributed by atoms with Crippen LogP contribution in [0.2, 0.25) is 0 Å². The van der Waals surface area contributed by atoms with Gasteiger partial charge in [-0.3, -0.25) is 4.79 Å². The van der Waals surface area contributed by atoms with Crippen LogP contribution in [0.15, 0.2) is 24.3 Å². The minimum atomic E-state index is 0.279. The fourth-order valence-electron chi connectivity index (χ4n) is 3.43. The molecule has 0 bridgehead atoms. The van der Waals surface area contributed by atoms with E-state index in [1.54, 1.807) is 0 Å². The maximum Gasteiger partial charge on any atom is 0.223 e. The third-order valence-electron chi connectivity index (χ3n) is 4.60. The molecule has 1 aromatic rings. The summed E-state index contributed by atoms with van der Waals surface area (Å²) >= 11 is 3.44. The zero-order valence-corrected chi connectivity index (χ0v) is 12.7. The van der Waals surface area contributed by atoms with Crippen molar-refractivity contribution in [2.24, 2.45) is 17.8 Å². The van der Waals surface area contributed by atoms with Gasteiger partial charge in [-0.25, -0.2) is 0 Å². The number of carbonyl (C=O) groups excluding carboxylic acids is 1. The van der Waals surface area contributed by atoms with Crippen molar-refractivity contribution in [1.82, 2.24) is 5.32 Å². The zero-order valence-electron chi connectivity index (χ0n) is 11.1. The Morgan fingerprint density at radius 3 is 2.26 bits per heavy atom. The van der Waals surface area contributed by atoms with Crippen molar-refractivity contribution in [3.63, 3.8) is 0 Å². The van der Waals surface area contributed by atoms with E-state index in [0.717, 1.165) is 5.33 Å². The van der Waals surface area contributed by atoms with E-state index in [9.17, 15) is 4.79 Å². The molecule has 2 fully saturated rings. The molecule has 2 nitrogen and oxygen atoms in total. The quantitative estimate of drug-likeness (QED) is 0.843. The fourth-order valence-corrected chi connectivity index (χ4v) is 3.81. The Kier molecular flexibility index (Phi) is 3.92. The lowest BCUT2D eigenvalue weighted by Gasteiger charge is -2.05. The summed E-state index contributed by atoms with van der Waals surface area (Å²) in [6.07, 6.45) is 5.17. The van der Waals surface area contributed by atoms with E-state index in [2.05, 4.69) is 45.5 Å². The van der Waals surface area contributed by atoms with Gasteiger partial charge in [-0.05, 0) is 35.8 Å². The summed E-state index contributed by atoms with van der Waals surface area (Å²) in [6.45, 7) is 0.664. The number of rotatable bonds is 4. The van der Waals surface area contributed by atoms with Crippen molar-refractivity contribution >= 4 is 21.8 Å². The lowest BCUT2D eigenvalue weighted by Crippen LogP contribution is -2.25. The smallest absolute Gasteiger partial charge is 0.223 e. The molecule has 0 radical (unpaired) electrons. The Bertz CT molecular complexity index is 444. The van der Waals surface area contributed by atoms with E-state index in [1.165, 1.54) is 36.8 Å². The van der Waals surface area contributed by atoms with Gasteiger partial charge in [-0.1, -0.05) is 53.0 Å². The van der Waals surface area contributed by atoms with Gasteiger partial charge in [0.1, 0.15) is 0 Å². The Morgan fingerprint density at radius 1 is 1.11 bits per heavy atom. The maximum absolute atomic E-state index is 12.1. The molecular formula is C16H20BrNO. The van der Waals surface area contributed by atoms with Crippen LogP contribution in [0.3, 0.4) is 0 Å². The van der Waals surface area contributed by atoms with Crippen molar-refractivity contribution in [1.29, 1.82) is 0 Å². The number of hydrogen-bond donors (Lipinski definition) is 1. The van der Waals surface area contributed by atoms with Crippen molar-refractivity contribution in [2.75, 3.05) is 0 Å². The van der Waals surface area contributed by atoms with Crippen LogP contribution in [-0.2, 0) is 16.7 Å². The Morgan fingerprint density at radius 2 is 1.68 bits per heavy atom. The fraction of sp³-hybridized carbons (Fsp3) is 0.562. The van der Waals surface area contributed by atoms with Crippen LogP contribution >= 0.6 is 15.9 Å². The summed E-state index contributed by atoms with van der Waals surface area (Å²) in [5.74, 6) is 2.00. The summed E-state index contributed by atoms with van der Waals surface area (Å²) in [5.41, 5.74) is 2.45. The van der Waals surface area contributed by atoms with E-state index in [4.69, 9.17) is 0 Å². The first kappa shape index (κ1) is 13.2. The SMILES string of the molecule is O=C(NCc1ccc(CBr)cc1)C1C2CCCCC21. The number of carbonyl (C=O) groups is 1. The van der Waals surface area contributed by atoms with Gasteiger partial charge in [0.05, 0.1) is 0 Å². The van der Waals surface area contributed by atoms with Gasteiger partial charge in [-0.2, -0.15) is 0 Å². The molecule has 2 saturated carbocycles. The van der Waals surface area contributed by atoms with E-state index in [0.29, 0.717) is 24.3 Å². The molecule has 102 valence electrons. The first-order valence-corrected chi connectivity index (χ1v) is 8.33. The molecule has 19 heavy (non-hydrogen) atoms. The number of alkyl halides is 1. The summed E-state index contributed by atoms with van der Waals surface area (Å²) in [7, 11) is 0. The van der Waals surface area contributed by atoms with Crippen LogP contribution in [0.4, 0.5) is 0 Å². The third-order valence-corrected chi connectivity index (χ3v) is 5.25. The molecule has 2 aliphatic rings. The summed E-state index contributed by atoms with van der Waals surface area (Å²) in [5, 5.41) is 3.98. The average molecular weight is 322 g/mol. The summed E-state index contributed by atoms with van der Waals surface area (Å²) in [6, 6.07) is 8.40. The topological polar surface area (TPSA) is 29.1 Å². The first-order valence-electron chi connectivity index (χ1n) is 7.21. The highest BCUT2D eigenvalue weighted by atomic mass is 79.9. The van der Waals surface area contributed by atoms with Crippen molar-refractivity contribution in [2.45, 2.75) is 37.6 Å². The van der Waals surface area contributed by atoms with Gasteiger partial charge in [0.25, 0.3) is 0 Å². The van der Waals surface area contributed by atoms with Crippen LogP contribution < -0.4 is 5.32 Å². The molecule has 2 atom stereocenters. The molecule has 3 rings (SSSR count). The molecule has 2 aliphatic carbocycles. The molecule has 1 amide bonds. The van der Waals surface area contributed by atoms with E-state index in [1.807, 2.05) is 0 Å². The molecule has 3 heteroatoms. The maximum atomic E-state index is 12.1. The molecule has 0 heterocycles. The molecule has 0 spiro atoms. The van der Waals surface area contributed by atoms with Gasteiger partial charge in [0.2, 0.25) is 5.91 Å². The first-order chi connectivity index (χ1) is 9.29. The van der Waals surface area contributed by atoms with Gasteiger partial charge in [0, 0.05) is 17.8 Å². The predicted octanol–water partition coefficient (Wildman–Crippen LogP) is 3.63. The summed E-state index contributed by atoms with van der Waals surface area (Å²) < 4.78 is 0. The minimum Gasteiger partial charge on any atom is -0.352 e. The van der Waals surface area contributed by atoms with E-state index < -0.39 is 0 Å². The molecular weight excluding hydrogens is 302 g/mol. The highest BCUT2D eigenvalue weighted by Gasteiger charge is 2.54. The highest BCUT2D eigenvalue weighted by molar-refractivity contribution is 9.08. The van der Waals surface area contributed by atoms with Gasteiger partial charge in [0.15, 0.2) is 0 Å². The monoisotopic (exact) mass is 321 g/mol. The Labute approximate surface area is 123 Å². The lowest BCUT2D eigenvalue weighted by molar-refractivity contribution is -0.123. The average Bonchev–Trinajstić information content (AvgIpc) is 3.19. The van der Waals surface area contributed by atoms with Crippen molar-refractivity contribution in [3.8, 4) is 0 Å². The second kappa shape index (κ2) is 5.66. The second-order valence-corrected chi connectivity index (χ2v) is 6.37. The van der Waals surface area contributed by atoms with Gasteiger partial charge in [-0.15, -0.1) is 0 Å². The number of nitrogens with one attached hydrogen (secondary N) is 1.